The molecule has 1 aliphatic rings. The van der Waals surface area contributed by atoms with Crippen molar-refractivity contribution in [3.63, 3.8) is 0 Å². The van der Waals surface area contributed by atoms with Crippen LogP contribution in [0.5, 0.6) is 0 Å². The van der Waals surface area contributed by atoms with E-state index in [1.807, 2.05) is 85.9 Å². The third-order valence-corrected chi connectivity index (χ3v) is 8.50. The second-order valence-electron chi connectivity index (χ2n) is 10.5. The molecule has 4 aromatic rings. The molecule has 1 aliphatic heterocycles. The standard InChI is InChI=1S/C33H34N6O4S/c1-22-16-25-17-26(13-14-28(25)43-22)37-33(36-21-34)38-27-10-6-7-15-39(32(27)42)19-31(41)35-18-23-8-2-4-11-29(23)44-30-12-5-3-9-24(30)20-40/h2-5,8-9,11-14,16-17,27,40H,6-7,10,15,18-20H2,1H3,(H,35,41)(H2,36,37,38)/t27-/m0/s1. The maximum Gasteiger partial charge on any atom is 0.247 e. The van der Waals surface area contributed by atoms with Gasteiger partial charge in [-0.1, -0.05) is 48.2 Å². The number of hydrogen-bond acceptors (Lipinski definition) is 7. The molecule has 0 bridgehead atoms. The van der Waals surface area contributed by atoms with Crippen molar-refractivity contribution in [1.82, 2.24) is 15.5 Å². The van der Waals surface area contributed by atoms with Crippen LogP contribution in [-0.2, 0) is 22.7 Å². The number of nitrogens with zero attached hydrogens (tertiary/aromatic N) is 3. The van der Waals surface area contributed by atoms with Crippen molar-refractivity contribution in [2.45, 2.75) is 55.2 Å². The van der Waals surface area contributed by atoms with Gasteiger partial charge in [0.2, 0.25) is 17.8 Å². The molecule has 0 unspecified atom stereocenters. The number of aryl methyl sites for hydroxylation is 1. The molecule has 3 aromatic carbocycles. The summed E-state index contributed by atoms with van der Waals surface area (Å²) in [5, 5.41) is 28.6. The maximum absolute atomic E-state index is 13.5. The number of aliphatic imine (C=N–C) groups is 1. The average molecular weight is 611 g/mol. The van der Waals surface area contributed by atoms with Crippen LogP contribution in [0.2, 0.25) is 0 Å². The molecule has 1 atom stereocenters. The molecule has 10 nitrogen and oxygen atoms in total. The third kappa shape index (κ3) is 7.78. The highest BCUT2D eigenvalue weighted by atomic mass is 32.2. The van der Waals surface area contributed by atoms with Gasteiger partial charge in [0.15, 0.2) is 6.19 Å². The Morgan fingerprint density at radius 1 is 1.09 bits per heavy atom. The average Bonchev–Trinajstić information content (AvgIpc) is 3.32. The van der Waals surface area contributed by atoms with Gasteiger partial charge in [0.1, 0.15) is 17.4 Å². The topological polar surface area (TPSA) is 143 Å². The van der Waals surface area contributed by atoms with E-state index in [-0.39, 0.29) is 30.9 Å². The Labute approximate surface area is 260 Å². The van der Waals surface area contributed by atoms with E-state index in [0.717, 1.165) is 50.5 Å². The predicted molar refractivity (Wildman–Crippen MR) is 170 cm³/mol. The molecular formula is C33H34N6O4S. The lowest BCUT2D eigenvalue weighted by atomic mass is 10.1. The van der Waals surface area contributed by atoms with E-state index >= 15 is 0 Å². The van der Waals surface area contributed by atoms with Crippen LogP contribution in [0.1, 0.15) is 36.1 Å². The number of aliphatic hydroxyl groups is 1. The van der Waals surface area contributed by atoms with Crippen LogP contribution in [0.4, 0.5) is 5.69 Å². The summed E-state index contributed by atoms with van der Waals surface area (Å²) >= 11 is 1.54. The minimum atomic E-state index is -0.739. The van der Waals surface area contributed by atoms with Crippen molar-refractivity contribution in [3.8, 4) is 6.19 Å². The molecule has 0 aliphatic carbocycles. The SMILES string of the molecule is Cc1cc2cc(NC(=N[C@H]3CCCCN(CC(=O)NCc4ccccc4Sc4ccccc4CO)C3=O)NC#N)ccc2o1. The number of carbonyl (C=O) groups is 2. The van der Waals surface area contributed by atoms with Crippen molar-refractivity contribution in [3.05, 3.63) is 89.7 Å². The molecule has 1 aromatic heterocycles. The van der Waals surface area contributed by atoms with Crippen LogP contribution in [0.3, 0.4) is 0 Å². The number of fused-ring (bicyclic) bond motifs is 1. The zero-order valence-corrected chi connectivity index (χ0v) is 25.2. The Bertz CT molecular complexity index is 1710. The van der Waals surface area contributed by atoms with Crippen molar-refractivity contribution in [1.29, 1.82) is 5.26 Å². The lowest BCUT2D eigenvalue weighted by Crippen LogP contribution is -2.44. The number of anilines is 1. The molecule has 0 radical (unpaired) electrons. The van der Waals surface area contributed by atoms with Crippen LogP contribution < -0.4 is 16.0 Å². The number of hydrogen-bond donors (Lipinski definition) is 4. The van der Waals surface area contributed by atoms with Gasteiger partial charge < -0.3 is 25.1 Å². The molecular weight excluding hydrogens is 576 g/mol. The molecule has 2 amide bonds. The van der Waals surface area contributed by atoms with E-state index in [4.69, 9.17) is 4.42 Å². The van der Waals surface area contributed by atoms with Gasteiger partial charge in [-0.15, -0.1) is 0 Å². The fraction of sp³-hybridized carbons (Fsp3) is 0.273. The van der Waals surface area contributed by atoms with E-state index in [1.165, 1.54) is 11.8 Å². The second-order valence-corrected chi connectivity index (χ2v) is 11.6. The van der Waals surface area contributed by atoms with E-state index in [9.17, 15) is 20.0 Å². The Hall–Kier alpha value is -4.79. The summed E-state index contributed by atoms with van der Waals surface area (Å²) in [5.41, 5.74) is 3.22. The number of furan rings is 1. The number of guanidine groups is 1. The Balaban J connectivity index is 1.23. The normalized spacial score (nSPS) is 15.5. The number of rotatable bonds is 9. The molecule has 1 saturated heterocycles. The summed E-state index contributed by atoms with van der Waals surface area (Å²) in [5.74, 6) is 0.430. The molecule has 0 saturated carbocycles. The van der Waals surface area contributed by atoms with E-state index < -0.39 is 6.04 Å². The summed E-state index contributed by atoms with van der Waals surface area (Å²) in [6.07, 6.45) is 3.91. The maximum atomic E-state index is 13.5. The summed E-state index contributed by atoms with van der Waals surface area (Å²) in [7, 11) is 0. The Morgan fingerprint density at radius 3 is 2.61 bits per heavy atom. The Morgan fingerprint density at radius 2 is 1.84 bits per heavy atom. The van der Waals surface area contributed by atoms with Gasteiger partial charge in [-0.05, 0) is 73.7 Å². The minimum absolute atomic E-state index is 0.0537. The van der Waals surface area contributed by atoms with Gasteiger partial charge in [0.05, 0.1) is 13.2 Å². The van der Waals surface area contributed by atoms with E-state index in [1.54, 1.807) is 4.90 Å². The number of aliphatic hydroxyl groups excluding tert-OH is 1. The van der Waals surface area contributed by atoms with Gasteiger partial charge in [0.25, 0.3) is 0 Å². The number of nitriles is 1. The van der Waals surface area contributed by atoms with Crippen LogP contribution >= 0.6 is 11.8 Å². The number of carbonyl (C=O) groups excluding carboxylic acids is 2. The number of benzene rings is 3. The lowest BCUT2D eigenvalue weighted by molar-refractivity contribution is -0.136. The van der Waals surface area contributed by atoms with Gasteiger partial charge in [0, 0.05) is 34.0 Å². The molecule has 5 rings (SSSR count). The van der Waals surface area contributed by atoms with Crippen molar-refractivity contribution < 1.29 is 19.1 Å². The summed E-state index contributed by atoms with van der Waals surface area (Å²) < 4.78 is 5.63. The smallest absolute Gasteiger partial charge is 0.247 e. The molecule has 44 heavy (non-hydrogen) atoms. The first kappa shape index (κ1) is 30.7. The molecule has 1 fully saturated rings. The first-order valence-electron chi connectivity index (χ1n) is 14.4. The fourth-order valence-corrected chi connectivity index (χ4v) is 6.15. The number of likely N-dealkylation sites (tertiary alicyclic amines) is 1. The number of amides is 2. The van der Waals surface area contributed by atoms with Crippen molar-refractivity contribution in [2.75, 3.05) is 18.4 Å². The summed E-state index contributed by atoms with van der Waals surface area (Å²) in [4.78, 5) is 34.6. The summed E-state index contributed by atoms with van der Waals surface area (Å²) in [6, 6.07) is 22.2. The Kier molecular flexibility index (Phi) is 10.2. The minimum Gasteiger partial charge on any atom is -0.461 e. The van der Waals surface area contributed by atoms with Gasteiger partial charge in [-0.2, -0.15) is 5.26 Å². The molecule has 0 spiro atoms. The van der Waals surface area contributed by atoms with Gasteiger partial charge in [-0.3, -0.25) is 14.9 Å². The van der Waals surface area contributed by atoms with Crippen molar-refractivity contribution in [2.24, 2.45) is 4.99 Å². The van der Waals surface area contributed by atoms with E-state index in [2.05, 4.69) is 20.9 Å². The fourth-order valence-electron chi connectivity index (χ4n) is 5.08. The zero-order valence-electron chi connectivity index (χ0n) is 24.4. The first-order valence-corrected chi connectivity index (χ1v) is 15.3. The highest BCUT2D eigenvalue weighted by Crippen LogP contribution is 2.33. The quantitative estimate of drug-likeness (QED) is 0.0905. The molecule has 4 N–H and O–H groups in total. The highest BCUT2D eigenvalue weighted by molar-refractivity contribution is 7.99. The van der Waals surface area contributed by atoms with Crippen LogP contribution in [0, 0.1) is 18.4 Å². The third-order valence-electron chi connectivity index (χ3n) is 7.26. The number of nitrogens with one attached hydrogen (secondary N) is 3. The second kappa shape index (κ2) is 14.6. The van der Waals surface area contributed by atoms with Crippen molar-refractivity contribution >= 4 is 46.2 Å². The van der Waals surface area contributed by atoms with E-state index in [0.29, 0.717) is 25.2 Å². The molecule has 226 valence electrons. The van der Waals surface area contributed by atoms with Crippen LogP contribution in [-0.4, -0.2) is 46.9 Å². The first-order chi connectivity index (χ1) is 21.4. The largest absolute Gasteiger partial charge is 0.461 e. The zero-order chi connectivity index (χ0) is 30.9. The van der Waals surface area contributed by atoms with Gasteiger partial charge >= 0.3 is 0 Å². The van der Waals surface area contributed by atoms with Gasteiger partial charge in [-0.25, -0.2) is 4.99 Å². The molecule has 2 heterocycles. The highest BCUT2D eigenvalue weighted by Gasteiger charge is 2.28. The summed E-state index contributed by atoms with van der Waals surface area (Å²) in [6.45, 7) is 2.49. The van der Waals surface area contributed by atoms with Crippen LogP contribution in [0.15, 0.2) is 92.0 Å². The van der Waals surface area contributed by atoms with Crippen LogP contribution in [0.25, 0.3) is 11.0 Å². The predicted octanol–water partition coefficient (Wildman–Crippen LogP) is 4.92. The molecule has 11 heteroatoms. The lowest BCUT2D eigenvalue weighted by Gasteiger charge is -2.23. The monoisotopic (exact) mass is 610 g/mol.